The Morgan fingerprint density at radius 1 is 1.29 bits per heavy atom. The summed E-state index contributed by atoms with van der Waals surface area (Å²) in [5.74, 6) is 1.18. The molecule has 1 aromatic rings. The summed E-state index contributed by atoms with van der Waals surface area (Å²) >= 11 is 1.94. The lowest BCUT2D eigenvalue weighted by Crippen LogP contribution is -2.18. The molecular formula is C12H17NS. The fourth-order valence-electron chi connectivity index (χ4n) is 1.35. The monoisotopic (exact) mass is 207 g/mol. The Hall–Kier alpha value is -0.470. The van der Waals surface area contributed by atoms with E-state index in [1.54, 1.807) is 0 Å². The van der Waals surface area contributed by atoms with E-state index in [1.165, 1.54) is 29.1 Å². The third-order valence-corrected chi connectivity index (χ3v) is 3.42. The summed E-state index contributed by atoms with van der Waals surface area (Å²) in [6.07, 6.45) is 2.77. The lowest BCUT2D eigenvalue weighted by atomic mass is 10.2. The molecule has 0 amide bonds. The van der Waals surface area contributed by atoms with Gasteiger partial charge < -0.3 is 5.32 Å². The zero-order valence-electron chi connectivity index (χ0n) is 8.62. The van der Waals surface area contributed by atoms with Crippen LogP contribution >= 0.6 is 11.8 Å². The van der Waals surface area contributed by atoms with Crippen LogP contribution in [0.1, 0.15) is 18.4 Å². The molecule has 14 heavy (non-hydrogen) atoms. The van der Waals surface area contributed by atoms with Gasteiger partial charge in [0.25, 0.3) is 0 Å². The molecule has 1 nitrogen and oxygen atoms in total. The highest BCUT2D eigenvalue weighted by Crippen LogP contribution is 2.20. The molecule has 1 saturated carbocycles. The van der Waals surface area contributed by atoms with Crippen molar-refractivity contribution >= 4 is 11.8 Å². The second-order valence-corrected chi connectivity index (χ2v) is 5.06. The summed E-state index contributed by atoms with van der Waals surface area (Å²) in [4.78, 5) is 1.38. The van der Waals surface area contributed by atoms with Gasteiger partial charge in [0.15, 0.2) is 0 Å². The quantitative estimate of drug-likeness (QED) is 0.588. The van der Waals surface area contributed by atoms with E-state index in [9.17, 15) is 0 Å². The van der Waals surface area contributed by atoms with Crippen molar-refractivity contribution in [2.24, 2.45) is 0 Å². The van der Waals surface area contributed by atoms with Crippen LogP contribution in [0.5, 0.6) is 0 Å². The standard InChI is InChI=1S/C12H17NS/c1-10-2-6-12(7-3-10)14-9-8-13-11-4-5-11/h2-3,6-7,11,13H,4-5,8-9H2,1H3. The molecule has 1 aliphatic rings. The molecule has 0 atom stereocenters. The van der Waals surface area contributed by atoms with Gasteiger partial charge in [-0.3, -0.25) is 0 Å². The van der Waals surface area contributed by atoms with E-state index in [2.05, 4.69) is 36.5 Å². The van der Waals surface area contributed by atoms with Crippen molar-refractivity contribution in [3.05, 3.63) is 29.8 Å². The molecule has 1 fully saturated rings. The predicted octanol–water partition coefficient (Wildman–Crippen LogP) is 2.84. The Bertz CT molecular complexity index is 277. The molecule has 0 spiro atoms. The lowest BCUT2D eigenvalue weighted by molar-refractivity contribution is 0.726. The van der Waals surface area contributed by atoms with Crippen molar-refractivity contribution in [1.29, 1.82) is 0 Å². The van der Waals surface area contributed by atoms with Crippen LogP contribution in [-0.4, -0.2) is 18.3 Å². The topological polar surface area (TPSA) is 12.0 Å². The number of rotatable bonds is 5. The predicted molar refractivity (Wildman–Crippen MR) is 62.9 cm³/mol. The van der Waals surface area contributed by atoms with Crippen LogP contribution < -0.4 is 5.32 Å². The Kier molecular flexibility index (Phi) is 3.49. The van der Waals surface area contributed by atoms with Crippen LogP contribution in [0.15, 0.2) is 29.2 Å². The van der Waals surface area contributed by atoms with Gasteiger partial charge in [-0.15, -0.1) is 11.8 Å². The van der Waals surface area contributed by atoms with Crippen molar-refractivity contribution in [3.63, 3.8) is 0 Å². The minimum absolute atomic E-state index is 0.841. The van der Waals surface area contributed by atoms with Crippen molar-refractivity contribution in [1.82, 2.24) is 5.32 Å². The largest absolute Gasteiger partial charge is 0.313 e. The maximum Gasteiger partial charge on any atom is 0.0106 e. The molecule has 2 heteroatoms. The van der Waals surface area contributed by atoms with E-state index in [0.717, 1.165) is 12.6 Å². The van der Waals surface area contributed by atoms with E-state index < -0.39 is 0 Å². The van der Waals surface area contributed by atoms with Crippen LogP contribution in [0.2, 0.25) is 0 Å². The molecule has 1 aliphatic carbocycles. The highest BCUT2D eigenvalue weighted by Gasteiger charge is 2.19. The van der Waals surface area contributed by atoms with Gasteiger partial charge >= 0.3 is 0 Å². The van der Waals surface area contributed by atoms with Gasteiger partial charge in [-0.1, -0.05) is 17.7 Å². The summed E-state index contributed by atoms with van der Waals surface area (Å²) < 4.78 is 0. The first-order chi connectivity index (χ1) is 6.84. The van der Waals surface area contributed by atoms with E-state index in [1.807, 2.05) is 11.8 Å². The number of aryl methyl sites for hydroxylation is 1. The maximum absolute atomic E-state index is 3.52. The average molecular weight is 207 g/mol. The normalized spacial score (nSPS) is 15.8. The Balaban J connectivity index is 1.66. The Labute approximate surface area is 90.3 Å². The third-order valence-electron chi connectivity index (χ3n) is 2.40. The van der Waals surface area contributed by atoms with E-state index in [-0.39, 0.29) is 0 Å². The second-order valence-electron chi connectivity index (χ2n) is 3.89. The number of nitrogens with one attached hydrogen (secondary N) is 1. The van der Waals surface area contributed by atoms with Crippen molar-refractivity contribution in [3.8, 4) is 0 Å². The van der Waals surface area contributed by atoms with E-state index in [4.69, 9.17) is 0 Å². The van der Waals surface area contributed by atoms with Crippen LogP contribution in [0.3, 0.4) is 0 Å². The van der Waals surface area contributed by atoms with Crippen molar-refractivity contribution < 1.29 is 0 Å². The van der Waals surface area contributed by atoms with Gasteiger partial charge in [-0.25, -0.2) is 0 Å². The zero-order chi connectivity index (χ0) is 9.80. The molecule has 0 radical (unpaired) electrons. The molecule has 0 saturated heterocycles. The zero-order valence-corrected chi connectivity index (χ0v) is 9.44. The highest BCUT2D eigenvalue weighted by atomic mass is 32.2. The Morgan fingerprint density at radius 2 is 2.00 bits per heavy atom. The van der Waals surface area contributed by atoms with Crippen LogP contribution in [-0.2, 0) is 0 Å². The third kappa shape index (κ3) is 3.35. The molecule has 0 aliphatic heterocycles. The first-order valence-electron chi connectivity index (χ1n) is 5.27. The molecule has 0 aromatic heterocycles. The maximum atomic E-state index is 3.52. The van der Waals surface area contributed by atoms with Crippen molar-refractivity contribution in [2.75, 3.05) is 12.3 Å². The van der Waals surface area contributed by atoms with Crippen LogP contribution in [0.4, 0.5) is 0 Å². The minimum Gasteiger partial charge on any atom is -0.313 e. The van der Waals surface area contributed by atoms with Gasteiger partial charge in [-0.2, -0.15) is 0 Å². The second kappa shape index (κ2) is 4.85. The van der Waals surface area contributed by atoms with Gasteiger partial charge in [0.2, 0.25) is 0 Å². The number of thioether (sulfide) groups is 1. The first kappa shape index (κ1) is 10.1. The molecule has 0 unspecified atom stereocenters. The molecule has 0 heterocycles. The summed E-state index contributed by atoms with van der Waals surface area (Å²) in [5, 5.41) is 3.52. The molecule has 1 aromatic carbocycles. The van der Waals surface area contributed by atoms with Crippen LogP contribution in [0.25, 0.3) is 0 Å². The first-order valence-corrected chi connectivity index (χ1v) is 6.26. The molecule has 76 valence electrons. The van der Waals surface area contributed by atoms with E-state index in [0.29, 0.717) is 0 Å². The van der Waals surface area contributed by atoms with Gasteiger partial charge in [0, 0.05) is 23.2 Å². The fourth-order valence-corrected chi connectivity index (χ4v) is 2.14. The number of hydrogen-bond donors (Lipinski definition) is 1. The van der Waals surface area contributed by atoms with Crippen LogP contribution in [0, 0.1) is 6.92 Å². The number of hydrogen-bond acceptors (Lipinski definition) is 2. The number of benzene rings is 1. The SMILES string of the molecule is Cc1ccc(SCCNC2CC2)cc1. The molecule has 0 bridgehead atoms. The fraction of sp³-hybridized carbons (Fsp3) is 0.500. The summed E-state index contributed by atoms with van der Waals surface area (Å²) in [5.41, 5.74) is 1.34. The average Bonchev–Trinajstić information content (AvgIpc) is 2.99. The molecular weight excluding hydrogens is 190 g/mol. The van der Waals surface area contributed by atoms with E-state index >= 15 is 0 Å². The Morgan fingerprint density at radius 3 is 2.64 bits per heavy atom. The molecule has 1 N–H and O–H groups in total. The summed E-state index contributed by atoms with van der Waals surface area (Å²) in [7, 11) is 0. The van der Waals surface area contributed by atoms with Crippen molar-refractivity contribution in [2.45, 2.75) is 30.7 Å². The lowest BCUT2D eigenvalue weighted by Gasteiger charge is -2.03. The molecule has 2 rings (SSSR count). The minimum atomic E-state index is 0.841. The smallest absolute Gasteiger partial charge is 0.0106 e. The van der Waals surface area contributed by atoms with Gasteiger partial charge in [0.1, 0.15) is 0 Å². The van der Waals surface area contributed by atoms with Gasteiger partial charge in [-0.05, 0) is 31.9 Å². The highest BCUT2D eigenvalue weighted by molar-refractivity contribution is 7.99. The summed E-state index contributed by atoms with van der Waals surface area (Å²) in [6, 6.07) is 9.61. The van der Waals surface area contributed by atoms with Gasteiger partial charge in [0.05, 0.1) is 0 Å². The summed E-state index contributed by atoms with van der Waals surface area (Å²) in [6.45, 7) is 3.27.